The molecule has 0 radical (unpaired) electrons. The number of likely N-dealkylation sites (tertiary alicyclic amines) is 1. The lowest BCUT2D eigenvalue weighted by molar-refractivity contribution is 0.237. The lowest BCUT2D eigenvalue weighted by Gasteiger charge is -2.16. The van der Waals surface area contributed by atoms with Gasteiger partial charge in [-0.05, 0) is 38.1 Å². The number of nitrogens with two attached hydrogens (primary N) is 1. The van der Waals surface area contributed by atoms with Gasteiger partial charge in [-0.15, -0.1) is 0 Å². The van der Waals surface area contributed by atoms with Gasteiger partial charge >= 0.3 is 0 Å². The average Bonchev–Trinajstić information content (AvgIpc) is 2.82. The molecule has 1 aliphatic heterocycles. The Balaban J connectivity index is 1.87. The van der Waals surface area contributed by atoms with E-state index in [0.717, 1.165) is 6.54 Å². The van der Waals surface area contributed by atoms with Crippen LogP contribution in [0.2, 0.25) is 0 Å². The Kier molecular flexibility index (Phi) is 3.98. The molecule has 0 aromatic heterocycles. The van der Waals surface area contributed by atoms with Gasteiger partial charge in [0.2, 0.25) is 0 Å². The Bertz CT molecular complexity index is 386. The fourth-order valence-electron chi connectivity index (χ4n) is 2.11. The summed E-state index contributed by atoms with van der Waals surface area (Å²) in [6, 6.07) is 7.44. The topological polar surface area (TPSA) is 62.3 Å². The third-order valence-corrected chi connectivity index (χ3v) is 3.04. The molecule has 1 heterocycles. The molecule has 1 aliphatic rings. The molecule has 4 heteroatoms. The van der Waals surface area contributed by atoms with Crippen LogP contribution in [0.5, 0.6) is 5.75 Å². The van der Waals surface area contributed by atoms with E-state index in [0.29, 0.717) is 17.9 Å². The Morgan fingerprint density at radius 3 is 2.71 bits per heavy atom. The second kappa shape index (κ2) is 5.68. The Labute approximate surface area is 102 Å². The zero-order chi connectivity index (χ0) is 12.1. The number of hydrogen-bond acceptors (Lipinski definition) is 3. The van der Waals surface area contributed by atoms with Crippen LogP contribution < -0.4 is 10.5 Å². The van der Waals surface area contributed by atoms with E-state index >= 15 is 0 Å². The average molecular weight is 233 g/mol. The van der Waals surface area contributed by atoms with E-state index in [1.165, 1.54) is 25.9 Å². The highest BCUT2D eigenvalue weighted by atomic mass is 16.5. The van der Waals surface area contributed by atoms with Gasteiger partial charge in [0, 0.05) is 6.54 Å². The van der Waals surface area contributed by atoms with Crippen molar-refractivity contribution in [1.82, 2.24) is 4.90 Å². The van der Waals surface area contributed by atoms with Crippen LogP contribution in [0, 0.1) is 5.41 Å². The van der Waals surface area contributed by atoms with Gasteiger partial charge in [-0.2, -0.15) is 0 Å². The maximum absolute atomic E-state index is 7.47. The molecule has 0 aliphatic carbocycles. The normalized spacial score (nSPS) is 16.0. The quantitative estimate of drug-likeness (QED) is 0.597. The monoisotopic (exact) mass is 233 g/mol. The predicted octanol–water partition coefficient (Wildman–Crippen LogP) is 1.45. The molecule has 0 bridgehead atoms. The van der Waals surface area contributed by atoms with Gasteiger partial charge in [0.05, 0.1) is 5.56 Å². The zero-order valence-electron chi connectivity index (χ0n) is 9.98. The van der Waals surface area contributed by atoms with Gasteiger partial charge < -0.3 is 10.5 Å². The van der Waals surface area contributed by atoms with Gasteiger partial charge in [-0.25, -0.2) is 0 Å². The number of nitrogen functional groups attached to an aromatic ring is 1. The Morgan fingerprint density at radius 1 is 1.29 bits per heavy atom. The molecule has 0 spiro atoms. The van der Waals surface area contributed by atoms with E-state index in [1.807, 2.05) is 24.3 Å². The first-order valence-corrected chi connectivity index (χ1v) is 6.06. The minimum absolute atomic E-state index is 0.0572. The van der Waals surface area contributed by atoms with Crippen LogP contribution in [0.25, 0.3) is 0 Å². The SMILES string of the molecule is N=C(N)c1ccccc1OCCN1CCCC1. The molecule has 1 saturated heterocycles. The summed E-state index contributed by atoms with van der Waals surface area (Å²) in [6.07, 6.45) is 2.59. The molecule has 4 nitrogen and oxygen atoms in total. The minimum Gasteiger partial charge on any atom is -0.491 e. The first-order valence-electron chi connectivity index (χ1n) is 6.06. The maximum atomic E-state index is 7.47. The van der Waals surface area contributed by atoms with Crippen LogP contribution in [-0.2, 0) is 0 Å². The number of nitrogens with zero attached hydrogens (tertiary/aromatic N) is 1. The van der Waals surface area contributed by atoms with E-state index in [4.69, 9.17) is 15.9 Å². The van der Waals surface area contributed by atoms with Crippen molar-refractivity contribution in [3.05, 3.63) is 29.8 Å². The third-order valence-electron chi connectivity index (χ3n) is 3.04. The molecule has 1 aromatic rings. The van der Waals surface area contributed by atoms with Crippen LogP contribution in [0.4, 0.5) is 0 Å². The number of amidine groups is 1. The number of para-hydroxylation sites is 1. The standard InChI is InChI=1S/C13H19N3O/c14-13(15)11-5-1-2-6-12(11)17-10-9-16-7-3-4-8-16/h1-2,5-6H,3-4,7-10H2,(H3,14,15). The van der Waals surface area contributed by atoms with Gasteiger partial charge in [0.1, 0.15) is 18.2 Å². The Morgan fingerprint density at radius 2 is 2.00 bits per heavy atom. The number of hydrogen-bond donors (Lipinski definition) is 2. The van der Waals surface area contributed by atoms with Crippen LogP contribution in [0.1, 0.15) is 18.4 Å². The highest BCUT2D eigenvalue weighted by Crippen LogP contribution is 2.17. The zero-order valence-corrected chi connectivity index (χ0v) is 9.98. The maximum Gasteiger partial charge on any atom is 0.130 e. The number of ether oxygens (including phenoxy) is 1. The number of benzene rings is 1. The van der Waals surface area contributed by atoms with E-state index in [9.17, 15) is 0 Å². The van der Waals surface area contributed by atoms with E-state index in [1.54, 1.807) is 0 Å². The summed E-state index contributed by atoms with van der Waals surface area (Å²) in [5.74, 6) is 0.765. The van der Waals surface area contributed by atoms with E-state index < -0.39 is 0 Å². The summed E-state index contributed by atoms with van der Waals surface area (Å²) >= 11 is 0. The summed E-state index contributed by atoms with van der Waals surface area (Å²) < 4.78 is 5.70. The molecule has 0 amide bonds. The van der Waals surface area contributed by atoms with Crippen LogP contribution in [0.3, 0.4) is 0 Å². The second-order valence-corrected chi connectivity index (χ2v) is 4.31. The summed E-state index contributed by atoms with van der Waals surface area (Å²) in [4.78, 5) is 2.40. The first-order chi connectivity index (χ1) is 8.27. The fourth-order valence-corrected chi connectivity index (χ4v) is 2.11. The van der Waals surface area contributed by atoms with Crippen molar-refractivity contribution >= 4 is 5.84 Å². The van der Waals surface area contributed by atoms with Crippen molar-refractivity contribution in [3.8, 4) is 5.75 Å². The van der Waals surface area contributed by atoms with Gasteiger partial charge in [-0.3, -0.25) is 10.3 Å². The lowest BCUT2D eigenvalue weighted by atomic mass is 10.2. The highest BCUT2D eigenvalue weighted by Gasteiger charge is 2.11. The summed E-state index contributed by atoms with van der Waals surface area (Å²) in [6.45, 7) is 3.96. The van der Waals surface area contributed by atoms with E-state index in [2.05, 4.69) is 4.90 Å². The molecule has 2 rings (SSSR count). The Hall–Kier alpha value is -1.55. The molecule has 1 fully saturated rings. The minimum atomic E-state index is 0.0572. The van der Waals surface area contributed by atoms with Gasteiger partial charge in [-0.1, -0.05) is 12.1 Å². The van der Waals surface area contributed by atoms with Crippen LogP contribution >= 0.6 is 0 Å². The molecular weight excluding hydrogens is 214 g/mol. The van der Waals surface area contributed by atoms with Crippen LogP contribution in [-0.4, -0.2) is 37.0 Å². The van der Waals surface area contributed by atoms with Crippen molar-refractivity contribution < 1.29 is 4.74 Å². The first kappa shape index (κ1) is 11.9. The summed E-state index contributed by atoms with van der Waals surface area (Å²) in [7, 11) is 0. The number of rotatable bonds is 5. The summed E-state index contributed by atoms with van der Waals surface area (Å²) in [5, 5.41) is 7.47. The van der Waals surface area contributed by atoms with Crippen molar-refractivity contribution in [2.75, 3.05) is 26.2 Å². The largest absolute Gasteiger partial charge is 0.491 e. The van der Waals surface area contributed by atoms with Crippen LogP contribution in [0.15, 0.2) is 24.3 Å². The summed E-state index contributed by atoms with van der Waals surface area (Å²) in [5.41, 5.74) is 6.18. The third kappa shape index (κ3) is 3.20. The second-order valence-electron chi connectivity index (χ2n) is 4.31. The van der Waals surface area contributed by atoms with E-state index in [-0.39, 0.29) is 5.84 Å². The fraction of sp³-hybridized carbons (Fsp3) is 0.462. The molecule has 17 heavy (non-hydrogen) atoms. The molecule has 0 saturated carbocycles. The molecule has 92 valence electrons. The van der Waals surface area contributed by atoms with Gasteiger partial charge in [0.15, 0.2) is 0 Å². The van der Waals surface area contributed by atoms with Gasteiger partial charge in [0.25, 0.3) is 0 Å². The number of nitrogens with one attached hydrogen (secondary N) is 1. The molecule has 1 aromatic carbocycles. The van der Waals surface area contributed by atoms with Crippen molar-refractivity contribution in [3.63, 3.8) is 0 Å². The van der Waals surface area contributed by atoms with Crippen molar-refractivity contribution in [1.29, 1.82) is 5.41 Å². The molecule has 0 atom stereocenters. The molecule has 3 N–H and O–H groups in total. The molecular formula is C13H19N3O. The lowest BCUT2D eigenvalue weighted by Crippen LogP contribution is -2.25. The predicted molar refractivity (Wildman–Crippen MR) is 68.6 cm³/mol. The highest BCUT2D eigenvalue weighted by molar-refractivity contribution is 5.97. The van der Waals surface area contributed by atoms with Crippen molar-refractivity contribution in [2.24, 2.45) is 5.73 Å². The smallest absolute Gasteiger partial charge is 0.130 e. The van der Waals surface area contributed by atoms with Crippen molar-refractivity contribution in [2.45, 2.75) is 12.8 Å². The molecule has 0 unspecified atom stereocenters.